The summed E-state index contributed by atoms with van der Waals surface area (Å²) in [4.78, 5) is 2.54. The Morgan fingerprint density at radius 3 is 2.79 bits per heavy atom. The van der Waals surface area contributed by atoms with Gasteiger partial charge < -0.3 is 10.2 Å². The van der Waals surface area contributed by atoms with E-state index in [1.165, 1.54) is 37.4 Å². The van der Waals surface area contributed by atoms with Gasteiger partial charge in [0.1, 0.15) is 0 Å². The minimum Gasteiger partial charge on any atom is -0.311 e. The van der Waals surface area contributed by atoms with Crippen LogP contribution in [0.1, 0.15) is 38.6 Å². The van der Waals surface area contributed by atoms with Gasteiger partial charge in [0.2, 0.25) is 0 Å². The Morgan fingerprint density at radius 2 is 2.16 bits per heavy atom. The Morgan fingerprint density at radius 1 is 1.32 bits per heavy atom. The lowest BCUT2D eigenvalue weighted by Gasteiger charge is -2.14. The number of aryl methyl sites for hydroxylation is 2. The highest BCUT2D eigenvalue weighted by Gasteiger charge is 2.20. The molecule has 1 N–H and O–H groups in total. The fraction of sp³-hybridized carbons (Fsp3) is 0.800. The SMILES string of the molecule is CCc1cc(CNCC2CCN(CC)C2)n(CC)n1. The topological polar surface area (TPSA) is 33.1 Å². The standard InChI is InChI=1S/C15H28N4/c1-4-14-9-15(19(6-3)17-14)11-16-10-13-7-8-18(5-2)12-13/h9,13,16H,4-8,10-12H2,1-3H3. The van der Waals surface area contributed by atoms with E-state index < -0.39 is 0 Å². The van der Waals surface area contributed by atoms with E-state index in [2.05, 4.69) is 46.8 Å². The first-order valence-corrected chi connectivity index (χ1v) is 7.75. The van der Waals surface area contributed by atoms with Crippen molar-refractivity contribution < 1.29 is 0 Å². The summed E-state index contributed by atoms with van der Waals surface area (Å²) in [5.41, 5.74) is 2.53. The van der Waals surface area contributed by atoms with Crippen molar-refractivity contribution in [3.63, 3.8) is 0 Å². The average molecular weight is 264 g/mol. The Balaban J connectivity index is 1.78. The van der Waals surface area contributed by atoms with Gasteiger partial charge in [-0.2, -0.15) is 5.10 Å². The van der Waals surface area contributed by atoms with Crippen molar-refractivity contribution in [1.29, 1.82) is 0 Å². The largest absolute Gasteiger partial charge is 0.311 e. The molecule has 0 spiro atoms. The number of aromatic nitrogens is 2. The first-order valence-electron chi connectivity index (χ1n) is 7.75. The van der Waals surface area contributed by atoms with Crippen LogP contribution in [0.5, 0.6) is 0 Å². The van der Waals surface area contributed by atoms with Crippen LogP contribution in [0.4, 0.5) is 0 Å². The molecule has 108 valence electrons. The van der Waals surface area contributed by atoms with E-state index in [4.69, 9.17) is 0 Å². The van der Waals surface area contributed by atoms with Crippen LogP contribution in [0.15, 0.2) is 6.07 Å². The highest BCUT2D eigenvalue weighted by Crippen LogP contribution is 2.14. The smallest absolute Gasteiger partial charge is 0.0625 e. The van der Waals surface area contributed by atoms with Gasteiger partial charge in [-0.1, -0.05) is 13.8 Å². The van der Waals surface area contributed by atoms with E-state index in [9.17, 15) is 0 Å². The fourth-order valence-electron chi connectivity index (χ4n) is 2.87. The number of rotatable bonds is 7. The molecule has 1 aliphatic rings. The molecule has 0 saturated carbocycles. The number of hydrogen-bond donors (Lipinski definition) is 1. The Bertz CT molecular complexity index is 385. The van der Waals surface area contributed by atoms with Crippen molar-refractivity contribution in [1.82, 2.24) is 20.0 Å². The lowest BCUT2D eigenvalue weighted by atomic mass is 10.1. The summed E-state index contributed by atoms with van der Waals surface area (Å²) in [7, 11) is 0. The number of hydrogen-bond acceptors (Lipinski definition) is 3. The van der Waals surface area contributed by atoms with Crippen molar-refractivity contribution in [3.8, 4) is 0 Å². The van der Waals surface area contributed by atoms with Crippen LogP contribution in [0.25, 0.3) is 0 Å². The van der Waals surface area contributed by atoms with Gasteiger partial charge in [0.05, 0.1) is 11.4 Å². The average Bonchev–Trinajstić information content (AvgIpc) is 3.05. The monoisotopic (exact) mass is 264 g/mol. The number of likely N-dealkylation sites (tertiary alicyclic amines) is 1. The maximum Gasteiger partial charge on any atom is 0.0625 e. The van der Waals surface area contributed by atoms with Crippen LogP contribution < -0.4 is 5.32 Å². The maximum atomic E-state index is 4.59. The summed E-state index contributed by atoms with van der Waals surface area (Å²) in [6.45, 7) is 13.3. The molecule has 2 rings (SSSR count). The van der Waals surface area contributed by atoms with Gasteiger partial charge in [0, 0.05) is 19.6 Å². The predicted molar refractivity (Wildman–Crippen MR) is 79.2 cm³/mol. The molecule has 1 saturated heterocycles. The Labute approximate surface area is 117 Å². The molecule has 0 radical (unpaired) electrons. The Kier molecular flexibility index (Phi) is 5.40. The van der Waals surface area contributed by atoms with Crippen LogP contribution in [0.2, 0.25) is 0 Å². The molecule has 1 aromatic heterocycles. The summed E-state index contributed by atoms with van der Waals surface area (Å²) in [5, 5.41) is 8.20. The zero-order chi connectivity index (χ0) is 13.7. The molecule has 1 aliphatic heterocycles. The molecule has 4 nitrogen and oxygen atoms in total. The van der Waals surface area contributed by atoms with Crippen molar-refractivity contribution in [2.45, 2.75) is 46.7 Å². The van der Waals surface area contributed by atoms with Gasteiger partial charge >= 0.3 is 0 Å². The van der Waals surface area contributed by atoms with Gasteiger partial charge in [-0.3, -0.25) is 4.68 Å². The molecular formula is C15H28N4. The Hall–Kier alpha value is -0.870. The molecule has 1 atom stereocenters. The van der Waals surface area contributed by atoms with Gasteiger partial charge in [0.15, 0.2) is 0 Å². The third kappa shape index (κ3) is 3.80. The first kappa shape index (κ1) is 14.5. The second-order valence-electron chi connectivity index (χ2n) is 5.48. The van der Waals surface area contributed by atoms with E-state index in [0.29, 0.717) is 0 Å². The normalized spacial score (nSPS) is 20.3. The molecule has 0 bridgehead atoms. The highest BCUT2D eigenvalue weighted by molar-refractivity contribution is 5.10. The second kappa shape index (κ2) is 7.06. The van der Waals surface area contributed by atoms with Crippen LogP contribution in [-0.2, 0) is 19.5 Å². The summed E-state index contributed by atoms with van der Waals surface area (Å²) in [6, 6.07) is 2.24. The highest BCUT2D eigenvalue weighted by atomic mass is 15.3. The molecule has 0 aromatic carbocycles. The molecular weight excluding hydrogens is 236 g/mol. The zero-order valence-corrected chi connectivity index (χ0v) is 12.7. The summed E-state index contributed by atoms with van der Waals surface area (Å²) < 4.78 is 2.12. The maximum absolute atomic E-state index is 4.59. The minimum absolute atomic E-state index is 0.823. The van der Waals surface area contributed by atoms with Gasteiger partial charge in [-0.15, -0.1) is 0 Å². The summed E-state index contributed by atoms with van der Waals surface area (Å²) in [6.07, 6.45) is 2.36. The molecule has 2 heterocycles. The first-order chi connectivity index (χ1) is 9.26. The predicted octanol–water partition coefficient (Wildman–Crippen LogP) is 1.90. The van der Waals surface area contributed by atoms with Crippen LogP contribution in [-0.4, -0.2) is 40.9 Å². The van der Waals surface area contributed by atoms with Crippen molar-refractivity contribution in [3.05, 3.63) is 17.5 Å². The quantitative estimate of drug-likeness (QED) is 0.816. The van der Waals surface area contributed by atoms with Gasteiger partial charge in [-0.25, -0.2) is 0 Å². The zero-order valence-electron chi connectivity index (χ0n) is 12.7. The summed E-state index contributed by atoms with van der Waals surface area (Å²) >= 11 is 0. The van der Waals surface area contributed by atoms with Crippen LogP contribution >= 0.6 is 0 Å². The van der Waals surface area contributed by atoms with E-state index in [1.54, 1.807) is 0 Å². The van der Waals surface area contributed by atoms with E-state index in [-0.39, 0.29) is 0 Å². The lowest BCUT2D eigenvalue weighted by Crippen LogP contribution is -2.26. The van der Waals surface area contributed by atoms with Crippen molar-refractivity contribution >= 4 is 0 Å². The third-order valence-corrected chi connectivity index (χ3v) is 4.13. The molecule has 1 aromatic rings. The number of nitrogens with one attached hydrogen (secondary N) is 1. The molecule has 0 aliphatic carbocycles. The molecule has 1 fully saturated rings. The van der Waals surface area contributed by atoms with Gasteiger partial charge in [-0.05, 0) is 51.4 Å². The third-order valence-electron chi connectivity index (χ3n) is 4.13. The molecule has 0 amide bonds. The molecule has 19 heavy (non-hydrogen) atoms. The molecule has 1 unspecified atom stereocenters. The summed E-state index contributed by atoms with van der Waals surface area (Å²) in [5.74, 6) is 0.823. The van der Waals surface area contributed by atoms with Crippen LogP contribution in [0.3, 0.4) is 0 Å². The van der Waals surface area contributed by atoms with Crippen LogP contribution in [0, 0.1) is 5.92 Å². The van der Waals surface area contributed by atoms with E-state index in [0.717, 1.165) is 32.0 Å². The van der Waals surface area contributed by atoms with Crippen molar-refractivity contribution in [2.24, 2.45) is 5.92 Å². The van der Waals surface area contributed by atoms with E-state index >= 15 is 0 Å². The van der Waals surface area contributed by atoms with E-state index in [1.807, 2.05) is 0 Å². The minimum atomic E-state index is 0.823. The number of nitrogens with zero attached hydrogens (tertiary/aromatic N) is 3. The fourth-order valence-corrected chi connectivity index (χ4v) is 2.87. The van der Waals surface area contributed by atoms with Crippen molar-refractivity contribution in [2.75, 3.05) is 26.2 Å². The second-order valence-corrected chi connectivity index (χ2v) is 5.48. The van der Waals surface area contributed by atoms with Gasteiger partial charge in [0.25, 0.3) is 0 Å². The molecule has 4 heteroatoms. The lowest BCUT2D eigenvalue weighted by molar-refractivity contribution is 0.338.